The summed E-state index contributed by atoms with van der Waals surface area (Å²) in [5, 5.41) is -0.0926. The number of rotatable bonds is 1. The topological polar surface area (TPSA) is 47.0 Å². The minimum atomic E-state index is -3.77. The summed E-state index contributed by atoms with van der Waals surface area (Å²) < 4.78 is 21.6. The van der Waals surface area contributed by atoms with E-state index in [-0.39, 0.29) is 10.0 Å². The van der Waals surface area contributed by atoms with Crippen molar-refractivity contribution in [1.29, 1.82) is 0 Å². The van der Waals surface area contributed by atoms with Gasteiger partial charge in [-0.05, 0) is 19.1 Å². The van der Waals surface area contributed by atoms with Gasteiger partial charge in [-0.25, -0.2) is 13.4 Å². The molecule has 1 heterocycles. The molecule has 0 amide bonds. The molecule has 0 saturated heterocycles. The maximum atomic E-state index is 10.8. The van der Waals surface area contributed by atoms with Gasteiger partial charge >= 0.3 is 0 Å². The summed E-state index contributed by atoms with van der Waals surface area (Å²) in [6.07, 6.45) is 0. The highest BCUT2D eigenvalue weighted by molar-refractivity contribution is 8.13. The van der Waals surface area contributed by atoms with Gasteiger partial charge in [-0.2, -0.15) is 0 Å². The van der Waals surface area contributed by atoms with Gasteiger partial charge in [0.2, 0.25) is 0 Å². The van der Waals surface area contributed by atoms with Gasteiger partial charge in [0.1, 0.15) is 10.0 Å². The second kappa shape index (κ2) is 3.20. The van der Waals surface area contributed by atoms with Crippen LogP contribution in [0.25, 0.3) is 0 Å². The van der Waals surface area contributed by atoms with Crippen LogP contribution in [0.4, 0.5) is 0 Å². The summed E-state index contributed by atoms with van der Waals surface area (Å²) in [6, 6.07) is 2.86. The summed E-state index contributed by atoms with van der Waals surface area (Å²) in [6.45, 7) is 1.70. The molecular formula is C6H5Cl2NO2S. The zero-order valence-electron chi connectivity index (χ0n) is 6.08. The van der Waals surface area contributed by atoms with E-state index >= 15 is 0 Å². The van der Waals surface area contributed by atoms with Gasteiger partial charge in [0.05, 0.1) is 0 Å². The Morgan fingerprint density at radius 1 is 1.42 bits per heavy atom. The first-order valence-electron chi connectivity index (χ1n) is 2.99. The van der Waals surface area contributed by atoms with Gasteiger partial charge in [-0.15, -0.1) is 0 Å². The fourth-order valence-electron chi connectivity index (χ4n) is 0.694. The Kier molecular flexibility index (Phi) is 2.61. The molecule has 0 aromatic carbocycles. The molecule has 0 atom stereocenters. The smallest absolute Gasteiger partial charge is 0.240 e. The first-order valence-corrected chi connectivity index (χ1v) is 5.68. The van der Waals surface area contributed by atoms with Crippen LogP contribution in [0.3, 0.4) is 0 Å². The van der Waals surface area contributed by atoms with Crippen LogP contribution in [0.1, 0.15) is 5.69 Å². The second-order valence-electron chi connectivity index (χ2n) is 2.18. The third-order valence-electron chi connectivity index (χ3n) is 1.22. The Morgan fingerprint density at radius 2 is 2.00 bits per heavy atom. The van der Waals surface area contributed by atoms with E-state index in [4.69, 9.17) is 22.3 Å². The molecule has 0 aliphatic carbocycles. The lowest BCUT2D eigenvalue weighted by Gasteiger charge is -1.98. The van der Waals surface area contributed by atoms with Crippen molar-refractivity contribution in [2.75, 3.05) is 0 Å². The molecule has 0 fully saturated rings. The number of pyridine rings is 1. The highest BCUT2D eigenvalue weighted by atomic mass is 35.7. The Morgan fingerprint density at radius 3 is 2.42 bits per heavy atom. The molecule has 0 unspecified atom stereocenters. The average molecular weight is 226 g/mol. The van der Waals surface area contributed by atoms with Crippen LogP contribution in [-0.4, -0.2) is 13.4 Å². The van der Waals surface area contributed by atoms with Crippen LogP contribution in [0.5, 0.6) is 0 Å². The van der Waals surface area contributed by atoms with Crippen LogP contribution in [0.15, 0.2) is 17.0 Å². The molecule has 12 heavy (non-hydrogen) atoms. The second-order valence-corrected chi connectivity index (χ2v) is 5.07. The van der Waals surface area contributed by atoms with E-state index in [1.165, 1.54) is 12.1 Å². The Hall–Kier alpha value is -0.320. The number of aromatic nitrogens is 1. The van der Waals surface area contributed by atoms with E-state index in [0.717, 1.165) is 0 Å². The van der Waals surface area contributed by atoms with Crippen molar-refractivity contribution in [3.05, 3.63) is 23.0 Å². The van der Waals surface area contributed by atoms with E-state index in [2.05, 4.69) is 4.98 Å². The first kappa shape index (κ1) is 9.77. The maximum Gasteiger partial charge on any atom is 0.264 e. The van der Waals surface area contributed by atoms with E-state index in [9.17, 15) is 8.42 Å². The van der Waals surface area contributed by atoms with Gasteiger partial charge in [0.25, 0.3) is 9.05 Å². The molecule has 0 aliphatic heterocycles. The molecule has 6 heteroatoms. The number of halogens is 2. The third-order valence-corrected chi connectivity index (χ3v) is 2.97. The number of hydrogen-bond donors (Lipinski definition) is 0. The van der Waals surface area contributed by atoms with Gasteiger partial charge in [-0.3, -0.25) is 0 Å². The normalized spacial score (nSPS) is 11.6. The lowest BCUT2D eigenvalue weighted by molar-refractivity contribution is 0.609. The fraction of sp³-hybridized carbons (Fsp3) is 0.167. The Balaban J connectivity index is 3.39. The molecule has 1 rings (SSSR count). The van der Waals surface area contributed by atoms with Crippen LogP contribution in [0.2, 0.25) is 5.15 Å². The molecule has 0 saturated carbocycles. The maximum absolute atomic E-state index is 10.8. The molecule has 3 nitrogen and oxygen atoms in total. The predicted molar refractivity (Wildman–Crippen MR) is 47.0 cm³/mol. The number of nitrogens with zero attached hydrogens (tertiary/aromatic N) is 1. The van der Waals surface area contributed by atoms with Crippen molar-refractivity contribution in [2.24, 2.45) is 0 Å². The number of hydrogen-bond acceptors (Lipinski definition) is 3. The molecular weight excluding hydrogens is 221 g/mol. The molecule has 66 valence electrons. The van der Waals surface area contributed by atoms with Crippen molar-refractivity contribution < 1.29 is 8.42 Å². The van der Waals surface area contributed by atoms with Crippen LogP contribution < -0.4 is 0 Å². The van der Waals surface area contributed by atoms with E-state index < -0.39 is 9.05 Å². The zero-order valence-corrected chi connectivity index (χ0v) is 8.41. The fourth-order valence-corrected chi connectivity index (χ4v) is 2.16. The van der Waals surface area contributed by atoms with Crippen molar-refractivity contribution in [2.45, 2.75) is 11.8 Å². The molecule has 0 spiro atoms. The first-order chi connectivity index (χ1) is 5.41. The summed E-state index contributed by atoms with van der Waals surface area (Å²) in [5.74, 6) is 0. The number of aryl methyl sites for hydroxylation is 1. The van der Waals surface area contributed by atoms with Gasteiger partial charge < -0.3 is 0 Å². The Labute approximate surface area is 79.8 Å². The summed E-state index contributed by atoms with van der Waals surface area (Å²) >= 11 is 5.54. The molecule has 0 bridgehead atoms. The quantitative estimate of drug-likeness (QED) is 0.543. The van der Waals surface area contributed by atoms with E-state index in [1.54, 1.807) is 6.92 Å². The highest BCUT2D eigenvalue weighted by Gasteiger charge is 2.14. The standard InChI is InChI=1S/C6H5Cl2NO2S/c1-4-2-3-5(6(7)9-4)12(8,10)11/h2-3H,1H3. The predicted octanol–water partition coefficient (Wildman–Crippen LogP) is 1.97. The molecule has 1 aromatic rings. The van der Waals surface area contributed by atoms with Crippen LogP contribution in [0, 0.1) is 6.92 Å². The van der Waals surface area contributed by atoms with Gasteiger partial charge in [0.15, 0.2) is 0 Å². The van der Waals surface area contributed by atoms with Crippen molar-refractivity contribution >= 4 is 31.3 Å². The van der Waals surface area contributed by atoms with E-state index in [1.807, 2.05) is 0 Å². The summed E-state index contributed by atoms with van der Waals surface area (Å²) in [7, 11) is 1.29. The SMILES string of the molecule is Cc1ccc(S(=O)(=O)Cl)c(Cl)n1. The molecule has 0 radical (unpaired) electrons. The van der Waals surface area contributed by atoms with Crippen molar-refractivity contribution in [3.63, 3.8) is 0 Å². The van der Waals surface area contributed by atoms with E-state index in [0.29, 0.717) is 5.69 Å². The summed E-state index contributed by atoms with van der Waals surface area (Å²) in [4.78, 5) is 3.59. The van der Waals surface area contributed by atoms with Gasteiger partial charge in [0, 0.05) is 16.4 Å². The monoisotopic (exact) mass is 225 g/mol. The molecule has 1 aromatic heterocycles. The third kappa shape index (κ3) is 2.09. The highest BCUT2D eigenvalue weighted by Crippen LogP contribution is 2.22. The van der Waals surface area contributed by atoms with Crippen molar-refractivity contribution in [3.8, 4) is 0 Å². The van der Waals surface area contributed by atoms with Crippen molar-refractivity contribution in [1.82, 2.24) is 4.98 Å². The molecule has 0 N–H and O–H groups in total. The lowest BCUT2D eigenvalue weighted by Crippen LogP contribution is -1.94. The lowest BCUT2D eigenvalue weighted by atomic mass is 10.4. The van der Waals surface area contributed by atoms with Crippen LogP contribution in [-0.2, 0) is 9.05 Å². The zero-order chi connectivity index (χ0) is 9.35. The van der Waals surface area contributed by atoms with Crippen LogP contribution >= 0.6 is 22.3 Å². The minimum Gasteiger partial charge on any atom is -0.240 e. The molecule has 0 aliphatic rings. The Bertz CT molecular complexity index is 402. The summed E-state index contributed by atoms with van der Waals surface area (Å²) in [5.41, 5.74) is 0.643. The van der Waals surface area contributed by atoms with Gasteiger partial charge in [-0.1, -0.05) is 11.6 Å². The largest absolute Gasteiger partial charge is 0.264 e. The minimum absolute atomic E-state index is 0.0926. The average Bonchev–Trinajstić information content (AvgIpc) is 1.83.